The van der Waals surface area contributed by atoms with E-state index in [1.807, 2.05) is 0 Å². The van der Waals surface area contributed by atoms with Gasteiger partial charge in [0.15, 0.2) is 0 Å². The van der Waals surface area contributed by atoms with Crippen molar-refractivity contribution in [3.05, 3.63) is 63.1 Å². The number of esters is 1. The smallest absolute Gasteiger partial charge is 0.340 e. The Balaban J connectivity index is 2.47. The molecule has 0 atom stereocenters. The van der Waals surface area contributed by atoms with Gasteiger partial charge in [-0.25, -0.2) is 13.6 Å². The van der Waals surface area contributed by atoms with E-state index in [2.05, 4.69) is 9.72 Å². The van der Waals surface area contributed by atoms with Crippen molar-refractivity contribution >= 4 is 5.97 Å². The van der Waals surface area contributed by atoms with Crippen molar-refractivity contribution in [2.24, 2.45) is 0 Å². The fraction of sp³-hybridized carbons (Fsp3) is 0.200. The van der Waals surface area contributed by atoms with E-state index >= 15 is 0 Å². The number of hydrogen-bond donors (Lipinski definition) is 1. The molecule has 2 aromatic rings. The number of halogens is 2. The summed E-state index contributed by atoms with van der Waals surface area (Å²) in [6, 6.07) is 3.31. The van der Waals surface area contributed by atoms with Crippen LogP contribution in [0.4, 0.5) is 8.78 Å². The Morgan fingerprint density at radius 3 is 2.55 bits per heavy atom. The summed E-state index contributed by atoms with van der Waals surface area (Å²) in [5.74, 6) is -2.06. The molecule has 7 heteroatoms. The number of benzene rings is 1. The Morgan fingerprint density at radius 2 is 1.91 bits per heavy atom. The van der Waals surface area contributed by atoms with Gasteiger partial charge < -0.3 is 14.5 Å². The fourth-order valence-corrected chi connectivity index (χ4v) is 2.03. The quantitative estimate of drug-likeness (QED) is 0.878. The van der Waals surface area contributed by atoms with Crippen LogP contribution in [0.25, 0.3) is 0 Å². The normalized spacial score (nSPS) is 10.4. The molecule has 0 saturated carbocycles. The van der Waals surface area contributed by atoms with E-state index in [0.717, 1.165) is 25.4 Å². The van der Waals surface area contributed by atoms with Crippen molar-refractivity contribution in [2.45, 2.75) is 6.42 Å². The number of aromatic amines is 1. The van der Waals surface area contributed by atoms with Gasteiger partial charge in [-0.15, -0.1) is 0 Å². The van der Waals surface area contributed by atoms with E-state index in [0.29, 0.717) is 5.56 Å². The lowest BCUT2D eigenvalue weighted by Gasteiger charge is -2.11. The zero-order valence-electron chi connectivity index (χ0n) is 11.9. The van der Waals surface area contributed by atoms with Crippen LogP contribution in [0.15, 0.2) is 29.2 Å². The molecular formula is C15H13F2NO4. The first-order valence-corrected chi connectivity index (χ1v) is 6.28. The lowest BCUT2D eigenvalue weighted by atomic mass is 10.0. The summed E-state index contributed by atoms with van der Waals surface area (Å²) < 4.78 is 36.7. The monoisotopic (exact) mass is 309 g/mol. The molecule has 22 heavy (non-hydrogen) atoms. The van der Waals surface area contributed by atoms with Gasteiger partial charge in [-0.1, -0.05) is 0 Å². The Bertz CT molecular complexity index is 771. The van der Waals surface area contributed by atoms with Gasteiger partial charge in [-0.05, 0) is 18.2 Å². The summed E-state index contributed by atoms with van der Waals surface area (Å²) in [7, 11) is 2.47. The second-order valence-corrected chi connectivity index (χ2v) is 4.48. The Morgan fingerprint density at radius 1 is 1.18 bits per heavy atom. The molecule has 1 heterocycles. The number of H-pyrrole nitrogens is 1. The highest BCUT2D eigenvalue weighted by molar-refractivity contribution is 5.90. The van der Waals surface area contributed by atoms with Gasteiger partial charge >= 0.3 is 5.97 Å². The Labute approximate surface area is 124 Å². The first-order valence-electron chi connectivity index (χ1n) is 6.28. The third kappa shape index (κ3) is 3.13. The highest BCUT2D eigenvalue weighted by atomic mass is 19.1. The highest BCUT2D eigenvalue weighted by Crippen LogP contribution is 2.25. The molecule has 0 saturated heterocycles. The molecule has 1 aromatic heterocycles. The van der Waals surface area contributed by atoms with Crippen LogP contribution in [0.3, 0.4) is 0 Å². The van der Waals surface area contributed by atoms with Crippen molar-refractivity contribution < 1.29 is 23.0 Å². The van der Waals surface area contributed by atoms with E-state index in [1.54, 1.807) is 0 Å². The molecule has 1 N–H and O–H groups in total. The second-order valence-electron chi connectivity index (χ2n) is 4.48. The van der Waals surface area contributed by atoms with E-state index in [-0.39, 0.29) is 23.3 Å². The van der Waals surface area contributed by atoms with E-state index in [9.17, 15) is 18.4 Å². The minimum atomic E-state index is -0.842. The molecule has 116 valence electrons. The maximum Gasteiger partial charge on any atom is 0.340 e. The minimum Gasteiger partial charge on any atom is -0.496 e. The van der Waals surface area contributed by atoms with E-state index in [1.165, 1.54) is 13.2 Å². The van der Waals surface area contributed by atoms with Gasteiger partial charge in [0.25, 0.3) is 5.56 Å². The zero-order chi connectivity index (χ0) is 16.3. The largest absolute Gasteiger partial charge is 0.496 e. The van der Waals surface area contributed by atoms with Crippen LogP contribution in [-0.4, -0.2) is 25.2 Å². The number of nitrogens with one attached hydrogen (secondary N) is 1. The van der Waals surface area contributed by atoms with Gasteiger partial charge in [-0.2, -0.15) is 0 Å². The number of pyridine rings is 1. The van der Waals surface area contributed by atoms with Crippen LogP contribution >= 0.6 is 0 Å². The second kappa shape index (κ2) is 6.38. The van der Waals surface area contributed by atoms with E-state index in [4.69, 9.17) is 4.74 Å². The predicted octanol–water partition coefficient (Wildman–Crippen LogP) is 2.04. The molecule has 0 fully saturated rings. The molecule has 0 aliphatic rings. The summed E-state index contributed by atoms with van der Waals surface area (Å²) in [6.45, 7) is 0. The number of carbonyl (C=O) groups is 1. The van der Waals surface area contributed by atoms with Crippen LogP contribution in [0, 0.1) is 11.6 Å². The van der Waals surface area contributed by atoms with Crippen molar-refractivity contribution in [3.8, 4) is 5.75 Å². The lowest BCUT2D eigenvalue weighted by molar-refractivity contribution is 0.0595. The third-order valence-electron chi connectivity index (χ3n) is 3.10. The van der Waals surface area contributed by atoms with Crippen LogP contribution < -0.4 is 10.3 Å². The summed E-state index contributed by atoms with van der Waals surface area (Å²) in [5, 5.41) is 0. The topological polar surface area (TPSA) is 68.4 Å². The first-order chi connectivity index (χ1) is 10.5. The molecule has 0 bridgehead atoms. The standard InChI is InChI=1S/C15H13F2NO4/c1-21-13-6-11(15(20)22-2)12(17)5-8(13)3-9-4-10(16)7-18-14(9)19/h4-7H,3H2,1-2H3,(H,18,19). The number of methoxy groups -OCH3 is 2. The van der Waals surface area contributed by atoms with E-state index < -0.39 is 23.2 Å². The van der Waals surface area contributed by atoms with Crippen molar-refractivity contribution in [1.29, 1.82) is 0 Å². The minimum absolute atomic E-state index is 0.0470. The van der Waals surface area contributed by atoms with Gasteiger partial charge in [0, 0.05) is 23.7 Å². The molecule has 0 aliphatic carbocycles. The number of aromatic nitrogens is 1. The van der Waals surface area contributed by atoms with Crippen molar-refractivity contribution in [2.75, 3.05) is 14.2 Å². The van der Waals surface area contributed by atoms with Crippen LogP contribution in [0.2, 0.25) is 0 Å². The first kappa shape index (κ1) is 15.7. The van der Waals surface area contributed by atoms with Crippen molar-refractivity contribution in [3.63, 3.8) is 0 Å². The Kier molecular flexibility index (Phi) is 4.55. The highest BCUT2D eigenvalue weighted by Gasteiger charge is 2.18. The molecule has 0 amide bonds. The third-order valence-corrected chi connectivity index (χ3v) is 3.10. The molecular weight excluding hydrogens is 296 g/mol. The summed E-state index contributed by atoms with van der Waals surface area (Å²) in [6.07, 6.45) is 0.888. The van der Waals surface area contributed by atoms with Crippen molar-refractivity contribution in [1.82, 2.24) is 4.98 Å². The number of hydrogen-bond acceptors (Lipinski definition) is 4. The van der Waals surface area contributed by atoms with Gasteiger partial charge in [-0.3, -0.25) is 4.79 Å². The average Bonchev–Trinajstić information content (AvgIpc) is 2.50. The molecule has 1 aromatic carbocycles. The average molecular weight is 309 g/mol. The molecule has 0 unspecified atom stereocenters. The van der Waals surface area contributed by atoms with Gasteiger partial charge in [0.2, 0.25) is 0 Å². The fourth-order valence-electron chi connectivity index (χ4n) is 2.03. The maximum absolute atomic E-state index is 14.0. The summed E-state index contributed by atoms with van der Waals surface area (Å²) >= 11 is 0. The molecule has 0 spiro atoms. The molecule has 0 radical (unpaired) electrons. The maximum atomic E-state index is 14.0. The molecule has 2 rings (SSSR count). The Hall–Kier alpha value is -2.70. The lowest BCUT2D eigenvalue weighted by Crippen LogP contribution is -2.14. The summed E-state index contributed by atoms with van der Waals surface area (Å²) in [4.78, 5) is 25.3. The van der Waals surface area contributed by atoms with Gasteiger partial charge in [0.1, 0.15) is 17.4 Å². The number of carbonyl (C=O) groups excluding carboxylic acids is 1. The predicted molar refractivity (Wildman–Crippen MR) is 74.1 cm³/mol. The summed E-state index contributed by atoms with van der Waals surface area (Å²) in [5.41, 5.74) is -0.343. The number of ether oxygens (including phenoxy) is 2. The van der Waals surface area contributed by atoms with Crippen LogP contribution in [0.5, 0.6) is 5.75 Å². The van der Waals surface area contributed by atoms with Gasteiger partial charge in [0.05, 0.1) is 19.8 Å². The zero-order valence-corrected chi connectivity index (χ0v) is 11.9. The van der Waals surface area contributed by atoms with Crippen LogP contribution in [-0.2, 0) is 11.2 Å². The molecule has 0 aliphatic heterocycles. The SMILES string of the molecule is COC(=O)c1cc(OC)c(Cc2cc(F)c[nH]c2=O)cc1F. The van der Waals surface area contributed by atoms with Crippen LogP contribution in [0.1, 0.15) is 21.5 Å². The number of rotatable bonds is 4. The molecule has 5 nitrogen and oxygen atoms in total.